The van der Waals surface area contributed by atoms with Crippen LogP contribution in [0, 0.1) is 0 Å². The number of allylic oxidation sites excluding steroid dienone is 2. The first-order valence-corrected chi connectivity index (χ1v) is 9.69. The molecule has 0 spiro atoms. The van der Waals surface area contributed by atoms with Gasteiger partial charge in [-0.05, 0) is 61.2 Å². The molecule has 0 saturated carbocycles. The summed E-state index contributed by atoms with van der Waals surface area (Å²) < 4.78 is 13.3. The summed E-state index contributed by atoms with van der Waals surface area (Å²) >= 11 is 0. The van der Waals surface area contributed by atoms with Crippen molar-refractivity contribution in [2.45, 2.75) is 51.7 Å². The normalized spacial score (nSPS) is 18.6. The third-order valence-corrected chi connectivity index (χ3v) is 5.19. The molecule has 0 radical (unpaired) electrons. The zero-order valence-electron chi connectivity index (χ0n) is 16.9. The number of methoxy groups -OCH3 is 1. The van der Waals surface area contributed by atoms with Gasteiger partial charge in [-0.15, -0.1) is 5.10 Å². The first kappa shape index (κ1) is 18.7. The van der Waals surface area contributed by atoms with Crippen LogP contribution in [-0.4, -0.2) is 38.8 Å². The van der Waals surface area contributed by atoms with E-state index in [1.807, 2.05) is 10.8 Å². The summed E-state index contributed by atoms with van der Waals surface area (Å²) in [5.41, 5.74) is 2.51. The fourth-order valence-electron chi connectivity index (χ4n) is 3.81. The highest BCUT2D eigenvalue weighted by molar-refractivity contribution is 5.30. The number of fused-ring (bicyclic) bond motifs is 1. The van der Waals surface area contributed by atoms with Crippen LogP contribution >= 0.6 is 0 Å². The van der Waals surface area contributed by atoms with Crippen molar-refractivity contribution in [2.75, 3.05) is 13.7 Å². The molecule has 1 atom stereocenters. The molecule has 1 unspecified atom stereocenters. The fraction of sp³-hybridized carbons (Fsp3) is 0.476. The molecule has 0 fully saturated rings. The molecule has 4 rings (SSSR count). The first-order chi connectivity index (χ1) is 13.5. The molecule has 148 valence electrons. The maximum atomic E-state index is 6.08. The number of tetrazole rings is 1. The average molecular weight is 381 g/mol. The predicted molar refractivity (Wildman–Crippen MR) is 105 cm³/mol. The Morgan fingerprint density at radius 3 is 2.68 bits per heavy atom. The third-order valence-electron chi connectivity index (χ3n) is 5.19. The highest BCUT2D eigenvalue weighted by Gasteiger charge is 2.36. The first-order valence-electron chi connectivity index (χ1n) is 9.69. The topological polar surface area (TPSA) is 65.3 Å². The summed E-state index contributed by atoms with van der Waals surface area (Å²) in [7, 11) is 1.63. The molecule has 0 saturated heterocycles. The SMILES string of the molecule is COC1=CCC=C(C(c2nnnn2C(C)(C)C)N2CCc3ccccc3C2)O1. The highest BCUT2D eigenvalue weighted by Crippen LogP contribution is 2.36. The van der Waals surface area contributed by atoms with E-state index in [4.69, 9.17) is 9.47 Å². The summed E-state index contributed by atoms with van der Waals surface area (Å²) in [4.78, 5) is 2.39. The van der Waals surface area contributed by atoms with Crippen molar-refractivity contribution >= 4 is 0 Å². The van der Waals surface area contributed by atoms with E-state index in [9.17, 15) is 0 Å². The van der Waals surface area contributed by atoms with Gasteiger partial charge in [-0.2, -0.15) is 0 Å². The van der Waals surface area contributed by atoms with Gasteiger partial charge in [0.1, 0.15) is 11.8 Å². The molecular weight excluding hydrogens is 354 g/mol. The highest BCUT2D eigenvalue weighted by atomic mass is 16.7. The minimum Gasteiger partial charge on any atom is -0.469 e. The smallest absolute Gasteiger partial charge is 0.280 e. The Kier molecular flexibility index (Phi) is 4.93. The van der Waals surface area contributed by atoms with Gasteiger partial charge in [-0.25, -0.2) is 4.68 Å². The van der Waals surface area contributed by atoms with Crippen LogP contribution in [0.5, 0.6) is 0 Å². The van der Waals surface area contributed by atoms with Crippen LogP contribution in [0.3, 0.4) is 0 Å². The van der Waals surface area contributed by atoms with Crippen LogP contribution in [-0.2, 0) is 28.0 Å². The molecule has 0 N–H and O–H groups in total. The summed E-state index contributed by atoms with van der Waals surface area (Å²) in [5, 5.41) is 12.7. The van der Waals surface area contributed by atoms with Crippen LogP contribution in [0.1, 0.15) is 50.2 Å². The average Bonchev–Trinajstić information content (AvgIpc) is 3.18. The van der Waals surface area contributed by atoms with E-state index in [0.717, 1.165) is 37.5 Å². The lowest BCUT2D eigenvalue weighted by molar-refractivity contribution is 0.0579. The van der Waals surface area contributed by atoms with Crippen molar-refractivity contribution < 1.29 is 9.47 Å². The van der Waals surface area contributed by atoms with Crippen LogP contribution in [0.2, 0.25) is 0 Å². The van der Waals surface area contributed by atoms with Gasteiger partial charge in [0.2, 0.25) is 0 Å². The Hall–Kier alpha value is -2.67. The minimum absolute atomic E-state index is 0.179. The van der Waals surface area contributed by atoms with E-state index >= 15 is 0 Å². The maximum Gasteiger partial charge on any atom is 0.280 e. The molecule has 2 aliphatic rings. The van der Waals surface area contributed by atoms with Crippen molar-refractivity contribution in [3.63, 3.8) is 0 Å². The lowest BCUT2D eigenvalue weighted by atomic mass is 9.97. The second-order valence-corrected chi connectivity index (χ2v) is 8.18. The van der Waals surface area contributed by atoms with Gasteiger partial charge in [0.25, 0.3) is 5.95 Å². The van der Waals surface area contributed by atoms with E-state index in [1.54, 1.807) is 7.11 Å². The molecule has 7 nitrogen and oxygen atoms in total. The van der Waals surface area contributed by atoms with Crippen LogP contribution in [0.25, 0.3) is 0 Å². The van der Waals surface area contributed by atoms with Crippen molar-refractivity contribution in [3.8, 4) is 0 Å². The predicted octanol–water partition coefficient (Wildman–Crippen LogP) is 3.32. The Labute approximate surface area is 165 Å². The number of ether oxygens (including phenoxy) is 2. The Balaban J connectivity index is 1.73. The number of hydrogen-bond donors (Lipinski definition) is 0. The molecule has 1 aromatic carbocycles. The van der Waals surface area contributed by atoms with Crippen molar-refractivity contribution in [2.24, 2.45) is 0 Å². The largest absolute Gasteiger partial charge is 0.469 e. The summed E-state index contributed by atoms with van der Waals surface area (Å²) in [6.45, 7) is 8.04. The Morgan fingerprint density at radius 2 is 1.93 bits per heavy atom. The molecule has 2 aromatic rings. The monoisotopic (exact) mass is 381 g/mol. The Bertz CT molecular complexity index is 910. The lowest BCUT2D eigenvalue weighted by Crippen LogP contribution is -2.39. The Morgan fingerprint density at radius 1 is 1.14 bits per heavy atom. The quantitative estimate of drug-likeness (QED) is 0.809. The maximum absolute atomic E-state index is 6.08. The minimum atomic E-state index is -0.236. The number of nitrogens with zero attached hydrogens (tertiary/aromatic N) is 5. The zero-order valence-corrected chi connectivity index (χ0v) is 16.9. The molecule has 0 amide bonds. The number of hydrogen-bond acceptors (Lipinski definition) is 6. The van der Waals surface area contributed by atoms with E-state index in [1.165, 1.54) is 11.1 Å². The van der Waals surface area contributed by atoms with E-state index in [2.05, 4.69) is 71.5 Å². The van der Waals surface area contributed by atoms with Gasteiger partial charge in [-0.3, -0.25) is 4.90 Å². The van der Waals surface area contributed by atoms with Gasteiger partial charge in [0.05, 0.1) is 12.6 Å². The number of benzene rings is 1. The van der Waals surface area contributed by atoms with Crippen molar-refractivity contribution in [3.05, 3.63) is 65.1 Å². The standard InChI is InChI=1S/C21H27N5O2/c1-21(2,3)26-20(22-23-24-26)19(17-10-7-11-18(27-4)28-17)25-13-12-15-8-5-6-9-16(15)14-25/h5-6,8-11,19H,7,12-14H2,1-4H3. The summed E-state index contributed by atoms with van der Waals surface area (Å²) in [5.74, 6) is 2.13. The van der Waals surface area contributed by atoms with Gasteiger partial charge in [0.15, 0.2) is 5.82 Å². The zero-order chi connectivity index (χ0) is 19.7. The van der Waals surface area contributed by atoms with Crippen molar-refractivity contribution in [1.82, 2.24) is 25.1 Å². The van der Waals surface area contributed by atoms with Gasteiger partial charge < -0.3 is 9.47 Å². The molecule has 3 heterocycles. The number of aromatic nitrogens is 4. The molecule has 7 heteroatoms. The molecule has 0 bridgehead atoms. The van der Waals surface area contributed by atoms with Gasteiger partial charge >= 0.3 is 0 Å². The molecule has 2 aliphatic heterocycles. The second kappa shape index (κ2) is 7.39. The molecule has 1 aromatic heterocycles. The van der Waals surface area contributed by atoms with Gasteiger partial charge in [0, 0.05) is 19.2 Å². The third kappa shape index (κ3) is 3.54. The van der Waals surface area contributed by atoms with E-state index < -0.39 is 0 Å². The van der Waals surface area contributed by atoms with Crippen molar-refractivity contribution in [1.29, 1.82) is 0 Å². The van der Waals surface area contributed by atoms with E-state index in [0.29, 0.717) is 5.95 Å². The van der Waals surface area contributed by atoms with Crippen LogP contribution < -0.4 is 0 Å². The summed E-state index contributed by atoms with van der Waals surface area (Å²) in [6.07, 6.45) is 5.77. The fourth-order valence-corrected chi connectivity index (χ4v) is 3.81. The summed E-state index contributed by atoms with van der Waals surface area (Å²) in [6, 6.07) is 8.43. The van der Waals surface area contributed by atoms with E-state index in [-0.39, 0.29) is 11.6 Å². The molecular formula is C21H27N5O2. The lowest BCUT2D eigenvalue weighted by Gasteiger charge is -2.37. The molecule has 28 heavy (non-hydrogen) atoms. The second-order valence-electron chi connectivity index (χ2n) is 8.18. The van der Waals surface area contributed by atoms with Crippen LogP contribution in [0.15, 0.2) is 48.1 Å². The van der Waals surface area contributed by atoms with Crippen LogP contribution in [0.4, 0.5) is 0 Å². The van der Waals surface area contributed by atoms with Gasteiger partial charge in [-0.1, -0.05) is 24.3 Å². The molecule has 0 aliphatic carbocycles. The number of rotatable bonds is 4.